The number of hydrogen-bond acceptors (Lipinski definition) is 5. The van der Waals surface area contributed by atoms with Gasteiger partial charge in [0.1, 0.15) is 0 Å². The third-order valence-corrected chi connectivity index (χ3v) is 5.21. The summed E-state index contributed by atoms with van der Waals surface area (Å²) in [7, 11) is 5.01. The van der Waals surface area contributed by atoms with Gasteiger partial charge in [-0.1, -0.05) is 6.92 Å². The van der Waals surface area contributed by atoms with Gasteiger partial charge in [-0.05, 0) is 25.3 Å². The Balaban J connectivity index is 1.85. The molecule has 2 fully saturated rings. The Hall–Kier alpha value is -1.34. The van der Waals surface area contributed by atoms with Crippen LogP contribution < -0.4 is 5.32 Å². The van der Waals surface area contributed by atoms with Crippen LogP contribution in [0.2, 0.25) is 0 Å². The number of rotatable bonds is 6. The van der Waals surface area contributed by atoms with Crippen LogP contribution in [0.3, 0.4) is 0 Å². The molecule has 1 N–H and O–H groups in total. The first-order valence-electron chi connectivity index (χ1n) is 8.87. The van der Waals surface area contributed by atoms with Gasteiger partial charge in [-0.15, -0.1) is 0 Å². The predicted molar refractivity (Wildman–Crippen MR) is 94.1 cm³/mol. The second-order valence-electron chi connectivity index (χ2n) is 6.76. The zero-order chi connectivity index (χ0) is 17.5. The van der Waals surface area contributed by atoms with Crippen molar-refractivity contribution < 1.29 is 14.3 Å². The van der Waals surface area contributed by atoms with Crippen LogP contribution in [-0.4, -0.2) is 88.4 Å². The number of methoxy groups -OCH3 is 2. The molecule has 2 rings (SSSR count). The van der Waals surface area contributed by atoms with E-state index in [1.807, 2.05) is 0 Å². The van der Waals surface area contributed by atoms with Crippen LogP contribution in [0.25, 0.3) is 0 Å². The standard InChI is InChI=1S/C17H32N4O3/c1-13-11-21(12-15(13)16(22)24-4)17(18-2)19-10-14-6-5-7-20(14)8-9-23-3/h13-15H,5-12H2,1-4H3,(H,18,19). The van der Waals surface area contributed by atoms with Crippen molar-refractivity contribution in [2.75, 3.05) is 60.6 Å². The second-order valence-corrected chi connectivity index (χ2v) is 6.76. The van der Waals surface area contributed by atoms with E-state index in [4.69, 9.17) is 9.47 Å². The monoisotopic (exact) mass is 340 g/mol. The molecule has 0 spiro atoms. The molecular weight excluding hydrogens is 308 g/mol. The molecule has 7 heteroatoms. The Kier molecular flexibility index (Phi) is 7.30. The highest BCUT2D eigenvalue weighted by atomic mass is 16.5. The molecule has 0 aliphatic carbocycles. The molecule has 0 aromatic rings. The average Bonchev–Trinajstić information content (AvgIpc) is 3.19. The van der Waals surface area contributed by atoms with Gasteiger partial charge in [0.15, 0.2) is 5.96 Å². The number of guanidine groups is 1. The quantitative estimate of drug-likeness (QED) is 0.429. The summed E-state index contributed by atoms with van der Waals surface area (Å²) in [6.45, 7) is 7.37. The van der Waals surface area contributed by atoms with E-state index in [1.54, 1.807) is 14.2 Å². The van der Waals surface area contributed by atoms with Gasteiger partial charge in [-0.2, -0.15) is 0 Å². The highest BCUT2D eigenvalue weighted by molar-refractivity contribution is 5.82. The van der Waals surface area contributed by atoms with Crippen molar-refractivity contribution >= 4 is 11.9 Å². The van der Waals surface area contributed by atoms with Crippen LogP contribution in [0.15, 0.2) is 4.99 Å². The fourth-order valence-corrected chi connectivity index (χ4v) is 3.77. The molecular formula is C17H32N4O3. The first-order chi connectivity index (χ1) is 11.6. The lowest BCUT2D eigenvalue weighted by Crippen LogP contribution is -2.46. The van der Waals surface area contributed by atoms with Crippen LogP contribution in [0.4, 0.5) is 0 Å². The average molecular weight is 340 g/mol. The molecule has 0 aromatic heterocycles. The Bertz CT molecular complexity index is 444. The Morgan fingerprint density at radius 3 is 2.79 bits per heavy atom. The van der Waals surface area contributed by atoms with E-state index in [9.17, 15) is 4.79 Å². The van der Waals surface area contributed by atoms with E-state index in [2.05, 4.69) is 27.0 Å². The van der Waals surface area contributed by atoms with Crippen LogP contribution in [0.1, 0.15) is 19.8 Å². The summed E-state index contributed by atoms with van der Waals surface area (Å²) in [4.78, 5) is 20.9. The van der Waals surface area contributed by atoms with E-state index in [-0.39, 0.29) is 17.8 Å². The van der Waals surface area contributed by atoms with E-state index in [0.29, 0.717) is 12.6 Å². The van der Waals surface area contributed by atoms with Crippen LogP contribution in [-0.2, 0) is 14.3 Å². The highest BCUT2D eigenvalue weighted by Crippen LogP contribution is 2.24. The first-order valence-corrected chi connectivity index (χ1v) is 8.87. The SMILES string of the molecule is CN=C(NCC1CCCN1CCOC)N1CC(C)C(C(=O)OC)C1. The number of esters is 1. The number of aliphatic imine (C=N–C) groups is 1. The van der Waals surface area contributed by atoms with Gasteiger partial charge in [-0.3, -0.25) is 14.7 Å². The normalized spacial score (nSPS) is 28.4. The van der Waals surface area contributed by atoms with Crippen molar-refractivity contribution in [3.63, 3.8) is 0 Å². The predicted octanol–water partition coefficient (Wildman–Crippen LogP) is 0.414. The van der Waals surface area contributed by atoms with Gasteiger partial charge in [0, 0.05) is 46.4 Å². The maximum atomic E-state index is 11.9. The van der Waals surface area contributed by atoms with Crippen LogP contribution >= 0.6 is 0 Å². The zero-order valence-electron chi connectivity index (χ0n) is 15.5. The number of likely N-dealkylation sites (tertiary alicyclic amines) is 2. The van der Waals surface area contributed by atoms with Gasteiger partial charge < -0.3 is 19.7 Å². The van der Waals surface area contributed by atoms with Crippen molar-refractivity contribution in [2.45, 2.75) is 25.8 Å². The van der Waals surface area contributed by atoms with Crippen molar-refractivity contribution in [1.29, 1.82) is 0 Å². The zero-order valence-corrected chi connectivity index (χ0v) is 15.5. The molecule has 0 aromatic carbocycles. The highest BCUT2D eigenvalue weighted by Gasteiger charge is 2.37. The summed E-state index contributed by atoms with van der Waals surface area (Å²) in [5.41, 5.74) is 0. The fourth-order valence-electron chi connectivity index (χ4n) is 3.77. The van der Waals surface area contributed by atoms with Gasteiger partial charge in [0.2, 0.25) is 0 Å². The lowest BCUT2D eigenvalue weighted by Gasteiger charge is -2.27. The van der Waals surface area contributed by atoms with Gasteiger partial charge in [0.05, 0.1) is 19.6 Å². The minimum atomic E-state index is -0.123. The van der Waals surface area contributed by atoms with Gasteiger partial charge in [0.25, 0.3) is 0 Å². The molecule has 138 valence electrons. The van der Waals surface area contributed by atoms with Gasteiger partial charge in [-0.25, -0.2) is 0 Å². The molecule has 2 saturated heterocycles. The first kappa shape index (κ1) is 19.0. The maximum absolute atomic E-state index is 11.9. The Morgan fingerprint density at radius 2 is 2.12 bits per heavy atom. The van der Waals surface area contributed by atoms with Crippen molar-refractivity contribution in [2.24, 2.45) is 16.8 Å². The second kappa shape index (κ2) is 9.22. The molecule has 2 aliphatic rings. The third-order valence-electron chi connectivity index (χ3n) is 5.21. The topological polar surface area (TPSA) is 66.4 Å². The molecule has 0 saturated carbocycles. The molecule has 24 heavy (non-hydrogen) atoms. The van der Waals surface area contributed by atoms with E-state index in [0.717, 1.165) is 38.7 Å². The van der Waals surface area contributed by atoms with Crippen molar-refractivity contribution in [3.8, 4) is 0 Å². The lowest BCUT2D eigenvalue weighted by molar-refractivity contribution is -0.145. The maximum Gasteiger partial charge on any atom is 0.310 e. The molecule has 0 amide bonds. The molecule has 2 heterocycles. The number of carbonyl (C=O) groups is 1. The van der Waals surface area contributed by atoms with Crippen molar-refractivity contribution in [1.82, 2.24) is 15.1 Å². The molecule has 3 unspecified atom stereocenters. The number of ether oxygens (including phenoxy) is 2. The fraction of sp³-hybridized carbons (Fsp3) is 0.882. The summed E-state index contributed by atoms with van der Waals surface area (Å²) >= 11 is 0. The largest absolute Gasteiger partial charge is 0.469 e. The summed E-state index contributed by atoms with van der Waals surface area (Å²) in [5, 5.41) is 3.50. The summed E-state index contributed by atoms with van der Waals surface area (Å²) < 4.78 is 10.1. The summed E-state index contributed by atoms with van der Waals surface area (Å²) in [6.07, 6.45) is 2.44. The van der Waals surface area contributed by atoms with E-state index < -0.39 is 0 Å². The van der Waals surface area contributed by atoms with Crippen LogP contribution in [0, 0.1) is 11.8 Å². The lowest BCUT2D eigenvalue weighted by atomic mass is 9.99. The Labute approximate surface area is 145 Å². The number of nitrogens with one attached hydrogen (secondary N) is 1. The minimum absolute atomic E-state index is 0.0711. The summed E-state index contributed by atoms with van der Waals surface area (Å²) in [6, 6.07) is 0.522. The molecule has 0 bridgehead atoms. The Morgan fingerprint density at radius 1 is 1.33 bits per heavy atom. The third kappa shape index (κ3) is 4.60. The summed E-state index contributed by atoms with van der Waals surface area (Å²) in [5.74, 6) is 0.966. The van der Waals surface area contributed by atoms with E-state index in [1.165, 1.54) is 20.0 Å². The smallest absolute Gasteiger partial charge is 0.310 e. The number of nitrogens with zero attached hydrogens (tertiary/aromatic N) is 3. The number of carbonyl (C=O) groups excluding carboxylic acids is 1. The number of hydrogen-bond donors (Lipinski definition) is 1. The van der Waals surface area contributed by atoms with Gasteiger partial charge >= 0.3 is 5.97 Å². The molecule has 7 nitrogen and oxygen atoms in total. The molecule has 2 aliphatic heterocycles. The molecule has 0 radical (unpaired) electrons. The van der Waals surface area contributed by atoms with E-state index >= 15 is 0 Å². The van der Waals surface area contributed by atoms with Crippen molar-refractivity contribution in [3.05, 3.63) is 0 Å². The van der Waals surface area contributed by atoms with Crippen LogP contribution in [0.5, 0.6) is 0 Å². The minimum Gasteiger partial charge on any atom is -0.469 e. The molecule has 3 atom stereocenters.